The number of likely N-dealkylation sites (N-methyl/N-ethyl adjacent to an activating group) is 1. The molecule has 0 heterocycles. The Morgan fingerprint density at radius 3 is 2.17 bits per heavy atom. The number of ether oxygens (including phenoxy) is 2. The van der Waals surface area contributed by atoms with Gasteiger partial charge >= 0.3 is 0 Å². The van der Waals surface area contributed by atoms with Gasteiger partial charge in [0.05, 0.1) is 13.7 Å². The number of amides is 2. The highest BCUT2D eigenvalue weighted by Gasteiger charge is 2.29. The van der Waals surface area contributed by atoms with Crippen molar-refractivity contribution in [2.75, 3.05) is 20.8 Å². The Morgan fingerprint density at radius 1 is 0.886 bits per heavy atom. The maximum Gasteiger partial charge on any atom is 0.242 e. The number of benzene rings is 3. The van der Waals surface area contributed by atoms with Crippen LogP contribution < -0.4 is 14.8 Å². The van der Waals surface area contributed by atoms with Crippen molar-refractivity contribution >= 4 is 11.8 Å². The Labute approximate surface area is 207 Å². The molecule has 0 aromatic heterocycles. The zero-order valence-electron chi connectivity index (χ0n) is 20.7. The minimum atomic E-state index is -0.612. The number of hydrogen-bond acceptors (Lipinski definition) is 4. The summed E-state index contributed by atoms with van der Waals surface area (Å²) in [5, 5.41) is 2.75. The lowest BCUT2D eigenvalue weighted by Crippen LogP contribution is -2.49. The SMILES string of the molecule is CNC(=O)C(Cc1ccccc1)N(Cc1ccc(C)cc1)C(=O)CCCOc1ccc(OC)cc1. The molecule has 1 atom stereocenters. The van der Waals surface area contributed by atoms with E-state index in [9.17, 15) is 9.59 Å². The highest BCUT2D eigenvalue weighted by atomic mass is 16.5. The Bertz CT molecular complexity index is 1070. The van der Waals surface area contributed by atoms with E-state index in [-0.39, 0.29) is 18.2 Å². The maximum atomic E-state index is 13.4. The minimum absolute atomic E-state index is 0.0755. The second-order valence-corrected chi connectivity index (χ2v) is 8.45. The highest BCUT2D eigenvalue weighted by Crippen LogP contribution is 2.19. The van der Waals surface area contributed by atoms with Crippen molar-refractivity contribution in [3.8, 4) is 11.5 Å². The largest absolute Gasteiger partial charge is 0.497 e. The van der Waals surface area contributed by atoms with Crippen molar-refractivity contribution in [3.63, 3.8) is 0 Å². The molecule has 0 saturated heterocycles. The van der Waals surface area contributed by atoms with Gasteiger partial charge in [-0.2, -0.15) is 0 Å². The lowest BCUT2D eigenvalue weighted by Gasteiger charge is -2.31. The summed E-state index contributed by atoms with van der Waals surface area (Å²) in [5.74, 6) is 1.23. The Hall–Kier alpha value is -3.80. The third-order valence-electron chi connectivity index (χ3n) is 5.85. The lowest BCUT2D eigenvalue weighted by molar-refractivity contribution is -0.141. The summed E-state index contributed by atoms with van der Waals surface area (Å²) in [5.41, 5.74) is 3.14. The van der Waals surface area contributed by atoms with Gasteiger partial charge in [-0.1, -0.05) is 60.2 Å². The van der Waals surface area contributed by atoms with Gasteiger partial charge in [-0.15, -0.1) is 0 Å². The molecule has 0 aliphatic rings. The van der Waals surface area contributed by atoms with E-state index in [1.807, 2.05) is 85.8 Å². The molecule has 6 nitrogen and oxygen atoms in total. The van der Waals surface area contributed by atoms with Crippen LogP contribution in [0.1, 0.15) is 29.5 Å². The summed E-state index contributed by atoms with van der Waals surface area (Å²) in [4.78, 5) is 28.1. The number of carbonyl (C=O) groups excluding carboxylic acids is 2. The van der Waals surface area contributed by atoms with Crippen LogP contribution >= 0.6 is 0 Å². The van der Waals surface area contributed by atoms with Crippen LogP contribution in [0.2, 0.25) is 0 Å². The van der Waals surface area contributed by atoms with Crippen molar-refractivity contribution < 1.29 is 19.1 Å². The van der Waals surface area contributed by atoms with E-state index in [1.54, 1.807) is 19.1 Å². The normalized spacial score (nSPS) is 11.4. The van der Waals surface area contributed by atoms with Gasteiger partial charge in [0, 0.05) is 26.4 Å². The van der Waals surface area contributed by atoms with E-state index in [2.05, 4.69) is 5.32 Å². The lowest BCUT2D eigenvalue weighted by atomic mass is 10.0. The molecule has 6 heteroatoms. The van der Waals surface area contributed by atoms with Gasteiger partial charge in [-0.3, -0.25) is 9.59 Å². The number of rotatable bonds is 12. The Balaban J connectivity index is 1.71. The molecule has 35 heavy (non-hydrogen) atoms. The first-order chi connectivity index (χ1) is 17.0. The average molecular weight is 475 g/mol. The maximum absolute atomic E-state index is 13.4. The van der Waals surface area contributed by atoms with Crippen molar-refractivity contribution in [1.29, 1.82) is 0 Å². The van der Waals surface area contributed by atoms with E-state index in [4.69, 9.17) is 9.47 Å². The van der Waals surface area contributed by atoms with Crippen molar-refractivity contribution in [3.05, 3.63) is 95.6 Å². The second-order valence-electron chi connectivity index (χ2n) is 8.45. The van der Waals surface area contributed by atoms with E-state index in [1.165, 1.54) is 0 Å². The van der Waals surface area contributed by atoms with Crippen molar-refractivity contribution in [1.82, 2.24) is 10.2 Å². The van der Waals surface area contributed by atoms with Gasteiger partial charge in [-0.05, 0) is 48.7 Å². The molecule has 3 aromatic carbocycles. The van der Waals surface area contributed by atoms with Gasteiger partial charge < -0.3 is 19.7 Å². The monoisotopic (exact) mass is 474 g/mol. The van der Waals surface area contributed by atoms with Crippen LogP contribution in [0.3, 0.4) is 0 Å². The molecule has 0 bridgehead atoms. The molecule has 184 valence electrons. The first kappa shape index (κ1) is 25.8. The zero-order chi connectivity index (χ0) is 25.0. The number of aryl methyl sites for hydroxylation is 1. The summed E-state index contributed by atoms with van der Waals surface area (Å²) in [6.07, 6.45) is 1.27. The summed E-state index contributed by atoms with van der Waals surface area (Å²) in [7, 11) is 3.23. The fourth-order valence-corrected chi connectivity index (χ4v) is 3.84. The van der Waals surface area contributed by atoms with Gasteiger partial charge in [-0.25, -0.2) is 0 Å². The number of methoxy groups -OCH3 is 1. The molecular weight excluding hydrogens is 440 g/mol. The van der Waals surface area contributed by atoms with Crippen LogP contribution in [0.25, 0.3) is 0 Å². The third-order valence-corrected chi connectivity index (χ3v) is 5.85. The van der Waals surface area contributed by atoms with Gasteiger partial charge in [0.25, 0.3) is 0 Å². The standard InChI is InChI=1S/C29H34N2O4/c1-22-11-13-24(14-12-22)21-31(27(29(33)30-2)20-23-8-5-4-6-9-23)28(32)10-7-19-35-26-17-15-25(34-3)16-18-26/h4-6,8-9,11-18,27H,7,10,19-21H2,1-3H3,(H,30,33). The quantitative estimate of drug-likeness (QED) is 0.391. The van der Waals surface area contributed by atoms with Crippen LogP contribution in [0, 0.1) is 6.92 Å². The minimum Gasteiger partial charge on any atom is -0.497 e. The first-order valence-corrected chi connectivity index (χ1v) is 11.9. The molecule has 0 aliphatic heterocycles. The Morgan fingerprint density at radius 2 is 1.54 bits per heavy atom. The Kier molecular flexibility index (Phi) is 9.72. The molecule has 2 amide bonds. The summed E-state index contributed by atoms with van der Waals surface area (Å²) < 4.78 is 10.9. The number of carbonyl (C=O) groups is 2. The second kappa shape index (κ2) is 13.2. The van der Waals surface area contributed by atoms with Gasteiger partial charge in [0.1, 0.15) is 17.5 Å². The van der Waals surface area contributed by atoms with E-state index in [0.717, 1.165) is 28.2 Å². The molecule has 1 N–H and O–H groups in total. The van der Waals surface area contributed by atoms with Gasteiger partial charge in [0.2, 0.25) is 11.8 Å². The summed E-state index contributed by atoms with van der Waals surface area (Å²) in [6, 6.07) is 24.6. The number of hydrogen-bond donors (Lipinski definition) is 1. The topological polar surface area (TPSA) is 67.9 Å². The molecule has 0 fully saturated rings. The van der Waals surface area contributed by atoms with E-state index in [0.29, 0.717) is 26.0 Å². The molecular formula is C29H34N2O4. The fourth-order valence-electron chi connectivity index (χ4n) is 3.84. The van der Waals surface area contributed by atoms with Gasteiger partial charge in [0.15, 0.2) is 0 Å². The average Bonchev–Trinajstić information content (AvgIpc) is 2.90. The smallest absolute Gasteiger partial charge is 0.242 e. The van der Waals surface area contributed by atoms with Crippen LogP contribution in [-0.2, 0) is 22.6 Å². The molecule has 0 saturated carbocycles. The summed E-state index contributed by atoms with van der Waals surface area (Å²) in [6.45, 7) is 2.79. The van der Waals surface area contributed by atoms with Crippen LogP contribution in [0.4, 0.5) is 0 Å². The molecule has 3 aromatic rings. The van der Waals surface area contributed by atoms with Crippen molar-refractivity contribution in [2.45, 2.75) is 38.8 Å². The third kappa shape index (κ3) is 7.88. The summed E-state index contributed by atoms with van der Waals surface area (Å²) >= 11 is 0. The fraction of sp³-hybridized carbons (Fsp3) is 0.310. The van der Waals surface area contributed by atoms with Crippen LogP contribution in [-0.4, -0.2) is 43.5 Å². The predicted molar refractivity (Wildman–Crippen MR) is 137 cm³/mol. The number of nitrogens with zero attached hydrogens (tertiary/aromatic N) is 1. The van der Waals surface area contributed by atoms with Crippen LogP contribution in [0.5, 0.6) is 11.5 Å². The van der Waals surface area contributed by atoms with Crippen LogP contribution in [0.15, 0.2) is 78.9 Å². The molecule has 0 spiro atoms. The zero-order valence-corrected chi connectivity index (χ0v) is 20.7. The van der Waals surface area contributed by atoms with E-state index < -0.39 is 6.04 Å². The van der Waals surface area contributed by atoms with E-state index >= 15 is 0 Å². The van der Waals surface area contributed by atoms with Crippen molar-refractivity contribution in [2.24, 2.45) is 0 Å². The molecule has 0 radical (unpaired) electrons. The molecule has 0 aliphatic carbocycles. The molecule has 3 rings (SSSR count). The number of nitrogens with one attached hydrogen (secondary N) is 1. The highest BCUT2D eigenvalue weighted by molar-refractivity contribution is 5.87. The first-order valence-electron chi connectivity index (χ1n) is 11.9. The predicted octanol–water partition coefficient (Wildman–Crippen LogP) is 4.55. The molecule has 1 unspecified atom stereocenters.